The summed E-state index contributed by atoms with van der Waals surface area (Å²) in [5.41, 5.74) is 1.40. The monoisotopic (exact) mass is 351 g/mol. The summed E-state index contributed by atoms with van der Waals surface area (Å²) in [6.45, 7) is 0. The minimum absolute atomic E-state index is 0.554. The summed E-state index contributed by atoms with van der Waals surface area (Å²) in [5, 5.41) is 3.22. The average Bonchev–Trinajstić information content (AvgIpc) is 2.65. The number of hydrogen-bond acceptors (Lipinski definition) is 6. The van der Waals surface area contributed by atoms with Crippen molar-refractivity contribution in [2.75, 3.05) is 33.8 Å². The van der Waals surface area contributed by atoms with Gasteiger partial charge in [0.2, 0.25) is 0 Å². The maximum Gasteiger partial charge on any atom is 0.356 e. The van der Waals surface area contributed by atoms with E-state index in [4.69, 9.17) is 18.5 Å². The van der Waals surface area contributed by atoms with Crippen LogP contribution >= 0.6 is 7.60 Å². The van der Waals surface area contributed by atoms with Crippen LogP contribution in [-0.2, 0) is 13.6 Å². The molecule has 130 valence electrons. The summed E-state index contributed by atoms with van der Waals surface area (Å²) >= 11 is 0. The van der Waals surface area contributed by atoms with Crippen LogP contribution in [0.1, 0.15) is 11.3 Å². The normalized spacial score (nSPS) is 12.5. The highest BCUT2D eigenvalue weighted by molar-refractivity contribution is 7.54. The molecule has 0 saturated carbocycles. The largest absolute Gasteiger partial charge is 0.497 e. The van der Waals surface area contributed by atoms with Crippen LogP contribution in [0, 0.1) is 0 Å². The summed E-state index contributed by atoms with van der Waals surface area (Å²) < 4.78 is 34.3. The molecule has 0 aromatic heterocycles. The molecule has 0 aliphatic heterocycles. The first-order valence-corrected chi connectivity index (χ1v) is 8.94. The second-order valence-electron chi connectivity index (χ2n) is 4.93. The third-order valence-corrected chi connectivity index (χ3v) is 5.69. The molecule has 0 spiro atoms. The molecule has 0 heterocycles. The molecule has 0 saturated heterocycles. The molecule has 6 nitrogen and oxygen atoms in total. The van der Waals surface area contributed by atoms with Gasteiger partial charge in [-0.2, -0.15) is 0 Å². The fraction of sp³-hybridized carbons (Fsp3) is 0.294. The number of methoxy groups -OCH3 is 2. The van der Waals surface area contributed by atoms with Crippen molar-refractivity contribution in [3.8, 4) is 11.5 Å². The third-order valence-electron chi connectivity index (χ3n) is 3.63. The zero-order valence-electron chi connectivity index (χ0n) is 14.2. The smallest absolute Gasteiger partial charge is 0.356 e. The molecule has 7 heteroatoms. The molecule has 0 radical (unpaired) electrons. The number of anilines is 1. The van der Waals surface area contributed by atoms with E-state index in [1.54, 1.807) is 32.4 Å². The summed E-state index contributed by atoms with van der Waals surface area (Å²) in [6, 6.07) is 14.7. The Kier molecular flexibility index (Phi) is 6.26. The molecular weight excluding hydrogens is 329 g/mol. The third kappa shape index (κ3) is 3.90. The fourth-order valence-electron chi connectivity index (χ4n) is 2.36. The summed E-state index contributed by atoms with van der Waals surface area (Å²) in [4.78, 5) is 0. The van der Waals surface area contributed by atoms with Crippen molar-refractivity contribution >= 4 is 13.3 Å². The van der Waals surface area contributed by atoms with Gasteiger partial charge in [0.25, 0.3) is 0 Å². The Morgan fingerprint density at radius 2 is 1.58 bits per heavy atom. The molecule has 24 heavy (non-hydrogen) atoms. The molecule has 2 aromatic rings. The van der Waals surface area contributed by atoms with E-state index in [-0.39, 0.29) is 0 Å². The molecule has 0 bridgehead atoms. The van der Waals surface area contributed by atoms with Gasteiger partial charge in [0, 0.05) is 25.5 Å². The highest BCUT2D eigenvalue weighted by atomic mass is 31.2. The number of rotatable bonds is 8. The maximum atomic E-state index is 13.1. The van der Waals surface area contributed by atoms with E-state index in [9.17, 15) is 4.57 Å². The van der Waals surface area contributed by atoms with Gasteiger partial charge in [-0.25, -0.2) is 0 Å². The van der Waals surface area contributed by atoms with Gasteiger partial charge in [-0.3, -0.25) is 4.57 Å². The summed E-state index contributed by atoms with van der Waals surface area (Å²) in [7, 11) is 2.34. The van der Waals surface area contributed by atoms with Gasteiger partial charge >= 0.3 is 7.60 Å². The average molecular weight is 351 g/mol. The first kappa shape index (κ1) is 18.3. The van der Waals surface area contributed by atoms with E-state index in [0.29, 0.717) is 17.1 Å². The standard InChI is InChI=1S/C17H22NO5P/c1-20-14-10-11-16(21-2)15(12-14)17(24(19,22-3)23-4)18-13-8-6-5-7-9-13/h5-12,17-18H,1-4H3. The van der Waals surface area contributed by atoms with Crippen molar-refractivity contribution in [3.63, 3.8) is 0 Å². The number of hydrogen-bond donors (Lipinski definition) is 1. The zero-order valence-corrected chi connectivity index (χ0v) is 15.1. The van der Waals surface area contributed by atoms with Crippen LogP contribution in [-0.4, -0.2) is 28.4 Å². The Hall–Kier alpha value is -2.01. The molecule has 0 aliphatic carbocycles. The Bertz CT molecular complexity index is 699. The molecule has 1 N–H and O–H groups in total. The number of benzene rings is 2. The first-order chi connectivity index (χ1) is 11.6. The Balaban J connectivity index is 2.55. The lowest BCUT2D eigenvalue weighted by Crippen LogP contribution is -2.15. The second kappa shape index (κ2) is 8.20. The Morgan fingerprint density at radius 1 is 0.917 bits per heavy atom. The molecule has 2 aromatic carbocycles. The first-order valence-electron chi connectivity index (χ1n) is 7.32. The minimum atomic E-state index is -3.50. The van der Waals surface area contributed by atoms with E-state index in [1.807, 2.05) is 30.3 Å². The van der Waals surface area contributed by atoms with E-state index in [2.05, 4.69) is 5.32 Å². The van der Waals surface area contributed by atoms with Gasteiger partial charge in [0.05, 0.1) is 14.2 Å². The molecule has 1 atom stereocenters. The van der Waals surface area contributed by atoms with Crippen molar-refractivity contribution in [1.82, 2.24) is 0 Å². The van der Waals surface area contributed by atoms with Gasteiger partial charge in [0.15, 0.2) is 5.78 Å². The Morgan fingerprint density at radius 3 is 2.12 bits per heavy atom. The van der Waals surface area contributed by atoms with Crippen LogP contribution in [0.3, 0.4) is 0 Å². The van der Waals surface area contributed by atoms with Crippen LogP contribution in [0.25, 0.3) is 0 Å². The quantitative estimate of drug-likeness (QED) is 0.715. The summed E-state index contributed by atoms with van der Waals surface area (Å²) in [5.74, 6) is 0.405. The topological polar surface area (TPSA) is 66.0 Å². The minimum Gasteiger partial charge on any atom is -0.497 e. The highest BCUT2D eigenvalue weighted by Crippen LogP contribution is 2.61. The molecule has 0 amide bonds. The molecular formula is C17H22NO5P. The number of nitrogens with one attached hydrogen (secondary N) is 1. The number of ether oxygens (including phenoxy) is 2. The predicted octanol–water partition coefficient (Wildman–Crippen LogP) is 4.30. The van der Waals surface area contributed by atoms with E-state index in [1.165, 1.54) is 14.2 Å². The van der Waals surface area contributed by atoms with E-state index in [0.717, 1.165) is 5.69 Å². The van der Waals surface area contributed by atoms with E-state index < -0.39 is 13.4 Å². The van der Waals surface area contributed by atoms with Crippen LogP contribution in [0.4, 0.5) is 5.69 Å². The predicted molar refractivity (Wildman–Crippen MR) is 94.0 cm³/mol. The van der Waals surface area contributed by atoms with Crippen molar-refractivity contribution < 1.29 is 23.1 Å². The van der Waals surface area contributed by atoms with Gasteiger partial charge in [-0.1, -0.05) is 18.2 Å². The van der Waals surface area contributed by atoms with Crippen LogP contribution < -0.4 is 14.8 Å². The second-order valence-corrected chi connectivity index (χ2v) is 7.25. The van der Waals surface area contributed by atoms with Gasteiger partial charge in [-0.15, -0.1) is 0 Å². The Labute approximate surface area is 142 Å². The van der Waals surface area contributed by atoms with Crippen molar-refractivity contribution in [2.24, 2.45) is 0 Å². The summed E-state index contributed by atoms with van der Waals surface area (Å²) in [6.07, 6.45) is 0. The molecule has 1 unspecified atom stereocenters. The van der Waals surface area contributed by atoms with E-state index >= 15 is 0 Å². The highest BCUT2D eigenvalue weighted by Gasteiger charge is 2.37. The van der Waals surface area contributed by atoms with Crippen molar-refractivity contribution in [2.45, 2.75) is 5.78 Å². The lowest BCUT2D eigenvalue weighted by atomic mass is 10.1. The van der Waals surface area contributed by atoms with Crippen LogP contribution in [0.2, 0.25) is 0 Å². The molecule has 0 fully saturated rings. The van der Waals surface area contributed by atoms with Gasteiger partial charge in [0.1, 0.15) is 11.5 Å². The molecule has 2 rings (SSSR count). The number of para-hydroxylation sites is 1. The lowest BCUT2D eigenvalue weighted by Gasteiger charge is -2.27. The maximum absolute atomic E-state index is 13.1. The van der Waals surface area contributed by atoms with Gasteiger partial charge < -0.3 is 23.8 Å². The van der Waals surface area contributed by atoms with Gasteiger partial charge in [-0.05, 0) is 30.3 Å². The fourth-order valence-corrected chi connectivity index (χ4v) is 3.78. The zero-order chi connectivity index (χ0) is 17.6. The van der Waals surface area contributed by atoms with Crippen LogP contribution in [0.15, 0.2) is 48.5 Å². The lowest BCUT2D eigenvalue weighted by molar-refractivity contribution is 0.267. The molecule has 0 aliphatic rings. The van der Waals surface area contributed by atoms with Crippen molar-refractivity contribution in [1.29, 1.82) is 0 Å². The SMILES string of the molecule is COc1ccc(OC)c(C(Nc2ccccc2)P(=O)(OC)OC)c1. The van der Waals surface area contributed by atoms with Crippen molar-refractivity contribution in [3.05, 3.63) is 54.1 Å². The van der Waals surface area contributed by atoms with Crippen LogP contribution in [0.5, 0.6) is 11.5 Å².